The first-order chi connectivity index (χ1) is 12.2. The fraction of sp³-hybridized carbons (Fsp3) is 0.727. The van der Waals surface area contributed by atoms with Crippen molar-refractivity contribution in [1.82, 2.24) is 0 Å². The summed E-state index contributed by atoms with van der Waals surface area (Å²) in [6.45, 7) is 15.4. The third kappa shape index (κ3) is 1.92. The van der Waals surface area contributed by atoms with Crippen LogP contribution in [0.5, 0.6) is 0 Å². The Labute approximate surface area is 156 Å². The third-order valence-corrected chi connectivity index (χ3v) is 8.31. The van der Waals surface area contributed by atoms with E-state index in [9.17, 15) is 9.59 Å². The highest BCUT2D eigenvalue weighted by molar-refractivity contribution is 6.06. The lowest BCUT2D eigenvalue weighted by molar-refractivity contribution is -0.235. The summed E-state index contributed by atoms with van der Waals surface area (Å²) in [6, 6.07) is 0. The maximum atomic E-state index is 13.7. The Hall–Kier alpha value is -1.26. The molecule has 0 aromatic carbocycles. The lowest BCUT2D eigenvalue weighted by Crippen LogP contribution is -2.62. The summed E-state index contributed by atoms with van der Waals surface area (Å²) < 4.78 is 12.4. The number of carbonyl (C=O) groups is 2. The fourth-order valence-corrected chi connectivity index (χ4v) is 6.50. The summed E-state index contributed by atoms with van der Waals surface area (Å²) >= 11 is 0. The Morgan fingerprint density at radius 2 is 1.77 bits per heavy atom. The molecule has 4 nitrogen and oxygen atoms in total. The van der Waals surface area contributed by atoms with Gasteiger partial charge in [-0.05, 0) is 37.7 Å². The number of hydrogen-bond acceptors (Lipinski definition) is 4. The van der Waals surface area contributed by atoms with Gasteiger partial charge in [0.05, 0.1) is 18.6 Å². The van der Waals surface area contributed by atoms with E-state index < -0.39 is 22.0 Å². The predicted octanol–water partition coefficient (Wildman–Crippen LogP) is 3.85. The van der Waals surface area contributed by atoms with Crippen molar-refractivity contribution in [2.75, 3.05) is 13.2 Å². The molecule has 0 N–H and O–H groups in total. The molecule has 2 bridgehead atoms. The molecule has 4 heteroatoms. The summed E-state index contributed by atoms with van der Waals surface area (Å²) in [5.74, 6) is -0.567. The van der Waals surface area contributed by atoms with Gasteiger partial charge in [0.2, 0.25) is 0 Å². The maximum absolute atomic E-state index is 13.7. The molecule has 1 heterocycles. The summed E-state index contributed by atoms with van der Waals surface area (Å²) in [7, 11) is 0. The number of ether oxygens (including phenoxy) is 2. The van der Waals surface area contributed by atoms with Crippen LogP contribution in [0, 0.1) is 28.1 Å². The van der Waals surface area contributed by atoms with Crippen molar-refractivity contribution in [2.45, 2.75) is 58.7 Å². The van der Waals surface area contributed by atoms with Crippen molar-refractivity contribution in [3.63, 3.8) is 0 Å². The first-order valence-corrected chi connectivity index (χ1v) is 9.85. The molecule has 0 amide bonds. The Balaban J connectivity index is 1.96. The van der Waals surface area contributed by atoms with Gasteiger partial charge in [0.15, 0.2) is 11.6 Å². The topological polar surface area (TPSA) is 52.6 Å². The van der Waals surface area contributed by atoms with Crippen molar-refractivity contribution in [3.05, 3.63) is 24.8 Å². The van der Waals surface area contributed by atoms with Crippen LogP contribution in [0.4, 0.5) is 0 Å². The van der Waals surface area contributed by atoms with Gasteiger partial charge in [0.25, 0.3) is 0 Å². The molecule has 1 unspecified atom stereocenters. The van der Waals surface area contributed by atoms with Crippen LogP contribution >= 0.6 is 0 Å². The van der Waals surface area contributed by atoms with Gasteiger partial charge < -0.3 is 9.47 Å². The van der Waals surface area contributed by atoms with Gasteiger partial charge in [0, 0.05) is 29.6 Å². The second kappa shape index (κ2) is 5.39. The second-order valence-electron chi connectivity index (χ2n) is 9.35. The molecule has 142 valence electrons. The van der Waals surface area contributed by atoms with Crippen LogP contribution in [0.3, 0.4) is 0 Å². The van der Waals surface area contributed by atoms with E-state index in [1.807, 2.05) is 6.92 Å². The second-order valence-corrected chi connectivity index (χ2v) is 9.35. The molecule has 0 aromatic rings. The predicted molar refractivity (Wildman–Crippen MR) is 98.4 cm³/mol. The summed E-state index contributed by atoms with van der Waals surface area (Å²) in [5, 5.41) is 0. The van der Waals surface area contributed by atoms with Crippen molar-refractivity contribution in [1.29, 1.82) is 0 Å². The van der Waals surface area contributed by atoms with E-state index in [1.165, 1.54) is 0 Å². The van der Waals surface area contributed by atoms with Crippen molar-refractivity contribution >= 4 is 11.6 Å². The molecule has 0 aromatic heterocycles. The van der Waals surface area contributed by atoms with Crippen LogP contribution in [0.25, 0.3) is 0 Å². The first-order valence-electron chi connectivity index (χ1n) is 9.85. The van der Waals surface area contributed by atoms with Gasteiger partial charge in [-0.1, -0.05) is 26.5 Å². The number of carbonyl (C=O) groups excluding carboxylic acids is 2. The average molecular weight is 358 g/mol. The zero-order valence-corrected chi connectivity index (χ0v) is 16.2. The Kier molecular flexibility index (Phi) is 3.75. The molecule has 4 fully saturated rings. The van der Waals surface area contributed by atoms with Gasteiger partial charge in [0.1, 0.15) is 5.78 Å². The summed E-state index contributed by atoms with van der Waals surface area (Å²) in [6.07, 6.45) is 5.14. The number of allylic oxidation sites excluding steroid dienone is 2. The molecule has 26 heavy (non-hydrogen) atoms. The van der Waals surface area contributed by atoms with Crippen molar-refractivity contribution in [3.8, 4) is 0 Å². The van der Waals surface area contributed by atoms with E-state index >= 15 is 0 Å². The largest absolute Gasteiger partial charge is 0.347 e. The maximum Gasteiger partial charge on any atom is 0.173 e. The Morgan fingerprint density at radius 3 is 2.38 bits per heavy atom. The van der Waals surface area contributed by atoms with Gasteiger partial charge in [-0.3, -0.25) is 9.59 Å². The lowest BCUT2D eigenvalue weighted by Gasteiger charge is -2.58. The SMILES string of the molecule is C=C[C@@]1(C)CC(=O)[C@@]2(C)C3C4(CC[C@]3(CC[C@H]2C)C(=C)C1=O)OCCO4. The highest BCUT2D eigenvalue weighted by atomic mass is 16.7. The van der Waals surface area contributed by atoms with E-state index in [-0.39, 0.29) is 29.8 Å². The normalized spacial score (nSPS) is 47.6. The lowest BCUT2D eigenvalue weighted by atomic mass is 9.45. The van der Waals surface area contributed by atoms with E-state index in [1.54, 1.807) is 6.08 Å². The minimum Gasteiger partial charge on any atom is -0.347 e. The van der Waals surface area contributed by atoms with Gasteiger partial charge in [-0.15, -0.1) is 6.58 Å². The summed E-state index contributed by atoms with van der Waals surface area (Å²) in [5.41, 5.74) is -1.22. The zero-order valence-electron chi connectivity index (χ0n) is 16.2. The average Bonchev–Trinajstić information content (AvgIpc) is 3.23. The summed E-state index contributed by atoms with van der Waals surface area (Å²) in [4.78, 5) is 27.1. The minimum atomic E-state index is -0.877. The highest BCUT2D eigenvalue weighted by Gasteiger charge is 2.72. The van der Waals surface area contributed by atoms with Crippen molar-refractivity contribution in [2.24, 2.45) is 28.1 Å². The van der Waals surface area contributed by atoms with E-state index in [0.717, 1.165) is 25.7 Å². The Morgan fingerprint density at radius 1 is 1.12 bits per heavy atom. The molecule has 4 aliphatic rings. The van der Waals surface area contributed by atoms with Crippen LogP contribution < -0.4 is 0 Å². The standard InChI is InChI=1S/C22H30O4/c1-6-19(4)13-16(23)20(5)14(2)7-8-21(15(3)17(19)24)9-10-22(18(20)21)25-11-12-26-22/h6,14,18H,1,3,7-13H2,2,4-5H3/t14-,18?,19+,20+,21-/m1/s1. The van der Waals surface area contributed by atoms with E-state index in [2.05, 4.69) is 27.0 Å². The van der Waals surface area contributed by atoms with Crippen LogP contribution in [0.1, 0.15) is 52.9 Å². The molecule has 0 radical (unpaired) electrons. The Bertz CT molecular complexity index is 703. The van der Waals surface area contributed by atoms with Gasteiger partial charge in [-0.2, -0.15) is 0 Å². The van der Waals surface area contributed by atoms with Crippen LogP contribution in [0.2, 0.25) is 0 Å². The zero-order chi connectivity index (χ0) is 19.0. The molecule has 1 spiro atoms. The molecule has 3 saturated carbocycles. The third-order valence-electron chi connectivity index (χ3n) is 8.31. The monoisotopic (exact) mass is 358 g/mol. The highest BCUT2D eigenvalue weighted by Crippen LogP contribution is 2.70. The molecule has 1 saturated heterocycles. The fourth-order valence-electron chi connectivity index (χ4n) is 6.50. The smallest absolute Gasteiger partial charge is 0.173 e. The number of ketones is 2. The van der Waals surface area contributed by atoms with Crippen LogP contribution in [-0.4, -0.2) is 30.6 Å². The van der Waals surface area contributed by atoms with Gasteiger partial charge in [-0.25, -0.2) is 0 Å². The molecule has 5 atom stereocenters. The van der Waals surface area contributed by atoms with E-state index in [0.29, 0.717) is 18.8 Å². The molecular formula is C22H30O4. The number of hydrogen-bond donors (Lipinski definition) is 0. The molecule has 1 aliphatic heterocycles. The quantitative estimate of drug-likeness (QED) is 0.528. The van der Waals surface area contributed by atoms with Gasteiger partial charge >= 0.3 is 0 Å². The van der Waals surface area contributed by atoms with Crippen molar-refractivity contribution < 1.29 is 19.1 Å². The first kappa shape index (κ1) is 18.1. The molecular weight excluding hydrogens is 328 g/mol. The van der Waals surface area contributed by atoms with Crippen LogP contribution in [-0.2, 0) is 19.1 Å². The number of Topliss-reactive ketones (excluding diaryl/α,β-unsaturated/α-hetero) is 2. The van der Waals surface area contributed by atoms with E-state index in [4.69, 9.17) is 9.47 Å². The minimum absolute atomic E-state index is 0.0301. The number of rotatable bonds is 1. The molecule has 4 rings (SSSR count). The molecule has 3 aliphatic carbocycles. The van der Waals surface area contributed by atoms with Crippen LogP contribution in [0.15, 0.2) is 24.8 Å².